The van der Waals surface area contributed by atoms with Crippen LogP contribution in [0.3, 0.4) is 0 Å². The van der Waals surface area contributed by atoms with E-state index in [4.69, 9.17) is 10.5 Å². The van der Waals surface area contributed by atoms with Gasteiger partial charge in [-0.25, -0.2) is 9.67 Å². The molecule has 0 bridgehead atoms. The lowest BCUT2D eigenvalue weighted by atomic mass is 10.0. The van der Waals surface area contributed by atoms with Crippen LogP contribution in [0.2, 0.25) is 0 Å². The lowest BCUT2D eigenvalue weighted by Gasteiger charge is -2.32. The molecule has 0 radical (unpaired) electrons. The van der Waals surface area contributed by atoms with Crippen LogP contribution >= 0.6 is 0 Å². The molecule has 3 heterocycles. The summed E-state index contributed by atoms with van der Waals surface area (Å²) in [4.78, 5) is 44.2. The molecule has 10 heteroatoms. The summed E-state index contributed by atoms with van der Waals surface area (Å²) in [6, 6.07) is 23.2. The third-order valence-corrected chi connectivity index (χ3v) is 6.75. The normalized spacial score (nSPS) is 16.2. The van der Waals surface area contributed by atoms with E-state index in [0.717, 1.165) is 29.9 Å². The summed E-state index contributed by atoms with van der Waals surface area (Å²) in [6.07, 6.45) is 3.43. The first-order chi connectivity index (χ1) is 19.5. The lowest BCUT2D eigenvalue weighted by Crippen LogP contribution is -2.47. The molecule has 2 aromatic carbocycles. The van der Waals surface area contributed by atoms with Crippen LogP contribution in [-0.4, -0.2) is 63.0 Å². The van der Waals surface area contributed by atoms with E-state index in [1.54, 1.807) is 29.2 Å². The zero-order valence-corrected chi connectivity index (χ0v) is 21.8. The number of hydrogen-bond acceptors (Lipinski definition) is 7. The number of pyridine rings is 1. The Morgan fingerprint density at radius 1 is 1.00 bits per heavy atom. The number of rotatable bonds is 10. The molecule has 2 unspecified atom stereocenters. The number of hydrogen-bond donors (Lipinski definition) is 2. The molecule has 40 heavy (non-hydrogen) atoms. The Morgan fingerprint density at radius 2 is 1.75 bits per heavy atom. The zero-order chi connectivity index (χ0) is 27.9. The number of benzene rings is 2. The molecule has 0 spiro atoms. The Bertz CT molecular complexity index is 1470. The average Bonchev–Trinajstić information content (AvgIpc) is 3.45. The van der Waals surface area contributed by atoms with Crippen LogP contribution in [0.5, 0.6) is 0 Å². The highest BCUT2D eigenvalue weighted by atomic mass is 16.5. The maximum Gasteiger partial charge on any atom is 0.287 e. The quantitative estimate of drug-likeness (QED) is 0.296. The minimum absolute atomic E-state index is 0.00457. The van der Waals surface area contributed by atoms with Crippen LogP contribution in [0.25, 0.3) is 5.82 Å². The van der Waals surface area contributed by atoms with E-state index in [1.807, 2.05) is 54.6 Å². The van der Waals surface area contributed by atoms with Gasteiger partial charge in [-0.2, -0.15) is 5.10 Å². The minimum Gasteiger partial charge on any atom is -0.371 e. The predicted molar refractivity (Wildman–Crippen MR) is 147 cm³/mol. The number of aromatic nitrogens is 3. The molecule has 204 valence electrons. The summed E-state index contributed by atoms with van der Waals surface area (Å²) in [7, 11) is 0. The molecule has 2 amide bonds. The second-order valence-electron chi connectivity index (χ2n) is 9.58. The molecule has 1 fully saturated rings. The summed E-state index contributed by atoms with van der Waals surface area (Å²) in [5, 5.41) is 7.35. The molecule has 4 aromatic rings. The van der Waals surface area contributed by atoms with Gasteiger partial charge in [0.25, 0.3) is 11.8 Å². The van der Waals surface area contributed by atoms with Gasteiger partial charge < -0.3 is 15.8 Å². The Balaban J connectivity index is 1.30. The van der Waals surface area contributed by atoms with E-state index in [9.17, 15) is 14.4 Å². The molecule has 1 saturated heterocycles. The summed E-state index contributed by atoms with van der Waals surface area (Å²) in [5.74, 6) is -2.24. The zero-order valence-electron chi connectivity index (χ0n) is 21.8. The van der Waals surface area contributed by atoms with E-state index < -0.39 is 23.6 Å². The number of Topliss-reactive ketones (excluding diaryl/α,β-unsaturated/α-hetero) is 1. The maximum absolute atomic E-state index is 13.3. The van der Waals surface area contributed by atoms with Crippen LogP contribution in [0.4, 0.5) is 0 Å². The molecule has 2 aromatic heterocycles. The van der Waals surface area contributed by atoms with Crippen molar-refractivity contribution in [3.05, 3.63) is 114 Å². The van der Waals surface area contributed by atoms with Gasteiger partial charge in [0.15, 0.2) is 5.82 Å². The fourth-order valence-electron chi connectivity index (χ4n) is 4.73. The van der Waals surface area contributed by atoms with Gasteiger partial charge in [-0.1, -0.05) is 60.7 Å². The number of nitrogens with one attached hydrogen (secondary N) is 1. The summed E-state index contributed by atoms with van der Waals surface area (Å²) < 4.78 is 7.52. The highest BCUT2D eigenvalue weighted by Crippen LogP contribution is 2.23. The van der Waals surface area contributed by atoms with Gasteiger partial charge in [-0.3, -0.25) is 19.3 Å². The number of amides is 2. The molecular formula is C30H30N6O4. The largest absolute Gasteiger partial charge is 0.371 e. The van der Waals surface area contributed by atoms with Gasteiger partial charge in [0.1, 0.15) is 6.04 Å². The standard InChI is InChI=1S/C30H30N6O4/c31-28(38)27(37)25(18-21-8-3-1-4-9-21)33-30(39)24-12-7-14-32-29(24)36-15-13-23(34-36)19-35-16-17-40-26(20-35)22-10-5-2-6-11-22/h1-15,25-26H,16-20H2,(H2,31,38)(H,33,39). The van der Waals surface area contributed by atoms with Crippen molar-refractivity contribution in [2.75, 3.05) is 19.7 Å². The molecular weight excluding hydrogens is 508 g/mol. The second-order valence-corrected chi connectivity index (χ2v) is 9.58. The Morgan fingerprint density at radius 3 is 2.50 bits per heavy atom. The highest BCUT2D eigenvalue weighted by Gasteiger charge is 2.27. The van der Waals surface area contributed by atoms with Crippen molar-refractivity contribution >= 4 is 17.6 Å². The van der Waals surface area contributed by atoms with Crippen molar-refractivity contribution in [3.63, 3.8) is 0 Å². The van der Waals surface area contributed by atoms with E-state index in [0.29, 0.717) is 19.0 Å². The van der Waals surface area contributed by atoms with E-state index >= 15 is 0 Å². The van der Waals surface area contributed by atoms with Crippen LogP contribution in [-0.2, 0) is 27.3 Å². The number of morpholine rings is 1. The van der Waals surface area contributed by atoms with Gasteiger partial charge in [-0.05, 0) is 29.3 Å². The Labute approximate surface area is 231 Å². The predicted octanol–water partition coefficient (Wildman–Crippen LogP) is 2.24. The van der Waals surface area contributed by atoms with Crippen molar-refractivity contribution in [1.29, 1.82) is 0 Å². The fourth-order valence-corrected chi connectivity index (χ4v) is 4.73. The summed E-state index contributed by atoms with van der Waals surface area (Å²) in [5.41, 5.74) is 8.22. The SMILES string of the molecule is NC(=O)C(=O)C(Cc1ccccc1)NC(=O)c1cccnc1-n1ccc(CN2CCOC(c3ccccc3)C2)n1. The van der Waals surface area contributed by atoms with E-state index in [2.05, 4.69) is 32.4 Å². The molecule has 1 aliphatic rings. The summed E-state index contributed by atoms with van der Waals surface area (Å²) >= 11 is 0. The number of carbonyl (C=O) groups excluding carboxylic acids is 3. The van der Waals surface area contributed by atoms with E-state index in [-0.39, 0.29) is 18.1 Å². The number of carbonyl (C=O) groups is 3. The van der Waals surface area contributed by atoms with Crippen molar-refractivity contribution in [3.8, 4) is 5.82 Å². The van der Waals surface area contributed by atoms with Gasteiger partial charge >= 0.3 is 0 Å². The van der Waals surface area contributed by atoms with E-state index in [1.165, 1.54) is 0 Å². The molecule has 3 N–H and O–H groups in total. The van der Waals surface area contributed by atoms with Gasteiger partial charge in [0, 0.05) is 38.4 Å². The molecule has 5 rings (SSSR count). The number of nitrogens with two attached hydrogens (primary N) is 1. The number of nitrogens with zero attached hydrogens (tertiary/aromatic N) is 4. The highest BCUT2D eigenvalue weighted by molar-refractivity contribution is 6.38. The maximum atomic E-state index is 13.3. The molecule has 1 aliphatic heterocycles. The van der Waals surface area contributed by atoms with Crippen LogP contribution in [0.1, 0.15) is 33.3 Å². The monoisotopic (exact) mass is 538 g/mol. The first-order valence-electron chi connectivity index (χ1n) is 13.0. The van der Waals surface area contributed by atoms with Crippen LogP contribution in [0.15, 0.2) is 91.3 Å². The fraction of sp³-hybridized carbons (Fsp3) is 0.233. The van der Waals surface area contributed by atoms with Crippen LogP contribution in [0, 0.1) is 0 Å². The topological polar surface area (TPSA) is 132 Å². The van der Waals surface area contributed by atoms with Crippen molar-refractivity contribution in [2.24, 2.45) is 5.73 Å². The number of primary amides is 1. The Hall–Kier alpha value is -4.67. The molecule has 10 nitrogen and oxygen atoms in total. The minimum atomic E-state index is -1.12. The smallest absolute Gasteiger partial charge is 0.287 e. The third-order valence-electron chi connectivity index (χ3n) is 6.75. The van der Waals surface area contributed by atoms with Gasteiger partial charge in [-0.15, -0.1) is 0 Å². The van der Waals surface area contributed by atoms with Crippen molar-refractivity contribution in [1.82, 2.24) is 25.0 Å². The van der Waals surface area contributed by atoms with Gasteiger partial charge in [0.05, 0.1) is 24.0 Å². The third kappa shape index (κ3) is 6.48. The van der Waals surface area contributed by atoms with Crippen LogP contribution < -0.4 is 11.1 Å². The second kappa shape index (κ2) is 12.5. The lowest BCUT2D eigenvalue weighted by molar-refractivity contribution is -0.137. The molecule has 2 atom stereocenters. The first kappa shape index (κ1) is 26.9. The first-order valence-corrected chi connectivity index (χ1v) is 13.0. The summed E-state index contributed by atoms with van der Waals surface area (Å²) in [6.45, 7) is 2.76. The molecule has 0 saturated carbocycles. The molecule has 0 aliphatic carbocycles. The van der Waals surface area contributed by atoms with Gasteiger partial charge in [0.2, 0.25) is 5.78 Å². The van der Waals surface area contributed by atoms with Crippen molar-refractivity contribution < 1.29 is 19.1 Å². The van der Waals surface area contributed by atoms with Crippen molar-refractivity contribution in [2.45, 2.75) is 25.1 Å². The Kier molecular flexibility index (Phi) is 8.38. The number of ketones is 1. The average molecular weight is 539 g/mol. The number of ether oxygens (including phenoxy) is 1.